The fourth-order valence-electron chi connectivity index (χ4n) is 7.10. The second-order valence-electron chi connectivity index (χ2n) is 11.3. The molecule has 0 fully saturated rings. The van der Waals surface area contributed by atoms with Gasteiger partial charge >= 0.3 is 0 Å². The van der Waals surface area contributed by atoms with E-state index in [2.05, 4.69) is 123 Å². The molecule has 0 saturated heterocycles. The molecule has 8 aromatic carbocycles. The van der Waals surface area contributed by atoms with Crippen LogP contribution in [-0.4, -0.2) is 10.2 Å². The van der Waals surface area contributed by atoms with Crippen LogP contribution in [0.3, 0.4) is 0 Å². The molecular weight excluding hydrogens is 512 g/mol. The summed E-state index contributed by atoms with van der Waals surface area (Å²) in [7, 11) is 0. The van der Waals surface area contributed by atoms with E-state index in [1.54, 1.807) is 0 Å². The normalized spacial score (nSPS) is 12.0. The summed E-state index contributed by atoms with van der Waals surface area (Å²) in [6, 6.07) is 38.4. The number of phenolic OH excluding ortho intramolecular Hbond substituents is 2. The summed E-state index contributed by atoms with van der Waals surface area (Å²) in [6.07, 6.45) is 1.36. The van der Waals surface area contributed by atoms with Crippen molar-refractivity contribution in [2.75, 3.05) is 0 Å². The summed E-state index contributed by atoms with van der Waals surface area (Å²) in [4.78, 5) is 0. The molecule has 0 spiro atoms. The van der Waals surface area contributed by atoms with Crippen molar-refractivity contribution in [2.24, 2.45) is 0 Å². The fourth-order valence-corrected chi connectivity index (χ4v) is 7.10. The van der Waals surface area contributed by atoms with Crippen LogP contribution in [0.2, 0.25) is 0 Å². The van der Waals surface area contributed by atoms with E-state index in [0.29, 0.717) is 24.0 Å². The molecular formula is C40H30O2. The minimum atomic E-state index is 0.243. The monoisotopic (exact) mass is 542 g/mol. The zero-order valence-electron chi connectivity index (χ0n) is 23.7. The zero-order chi connectivity index (χ0) is 28.5. The van der Waals surface area contributed by atoms with Crippen LogP contribution in [0.15, 0.2) is 109 Å². The van der Waals surface area contributed by atoms with Gasteiger partial charge in [0.2, 0.25) is 0 Å². The van der Waals surface area contributed by atoms with Crippen LogP contribution in [0.5, 0.6) is 11.5 Å². The van der Waals surface area contributed by atoms with E-state index in [4.69, 9.17) is 0 Å². The molecule has 8 rings (SSSR count). The Labute approximate surface area is 244 Å². The molecule has 8 aromatic rings. The second-order valence-corrected chi connectivity index (χ2v) is 11.3. The number of aromatic hydroxyl groups is 2. The van der Waals surface area contributed by atoms with Gasteiger partial charge in [-0.3, -0.25) is 0 Å². The summed E-state index contributed by atoms with van der Waals surface area (Å²) in [5.74, 6) is 0.486. The number of benzene rings is 8. The molecule has 0 amide bonds. The highest BCUT2D eigenvalue weighted by atomic mass is 16.3. The Kier molecular flexibility index (Phi) is 5.42. The Hall–Kier alpha value is -5.08. The lowest BCUT2D eigenvalue weighted by Crippen LogP contribution is -1.96. The van der Waals surface area contributed by atoms with Gasteiger partial charge < -0.3 is 10.2 Å². The first-order valence-corrected chi connectivity index (χ1v) is 14.8. The molecule has 202 valence electrons. The van der Waals surface area contributed by atoms with Crippen molar-refractivity contribution in [1.29, 1.82) is 0 Å². The first-order chi connectivity index (χ1) is 20.6. The largest absolute Gasteiger partial charge is 0.507 e. The first kappa shape index (κ1) is 24.7. The molecule has 0 saturated carbocycles. The summed E-state index contributed by atoms with van der Waals surface area (Å²) in [5, 5.41) is 37.4. The summed E-state index contributed by atoms with van der Waals surface area (Å²) < 4.78 is 0. The topological polar surface area (TPSA) is 40.5 Å². The van der Waals surface area contributed by atoms with Gasteiger partial charge in [-0.2, -0.15) is 0 Å². The van der Waals surface area contributed by atoms with Crippen LogP contribution in [0.4, 0.5) is 0 Å². The number of phenols is 2. The van der Waals surface area contributed by atoms with Crippen LogP contribution >= 0.6 is 0 Å². The van der Waals surface area contributed by atoms with Crippen LogP contribution < -0.4 is 0 Å². The van der Waals surface area contributed by atoms with E-state index in [9.17, 15) is 10.2 Å². The van der Waals surface area contributed by atoms with Gasteiger partial charge in [-0.05, 0) is 90.0 Å². The molecule has 0 radical (unpaired) electrons. The van der Waals surface area contributed by atoms with Crippen molar-refractivity contribution in [3.8, 4) is 22.6 Å². The van der Waals surface area contributed by atoms with E-state index in [0.717, 1.165) is 75.8 Å². The predicted octanol–water partition coefficient (Wildman–Crippen LogP) is 10.8. The van der Waals surface area contributed by atoms with Gasteiger partial charge in [-0.15, -0.1) is 0 Å². The van der Waals surface area contributed by atoms with Crippen LogP contribution in [0, 0.1) is 0 Å². The van der Waals surface area contributed by atoms with Gasteiger partial charge in [-0.1, -0.05) is 111 Å². The smallest absolute Gasteiger partial charge is 0.127 e. The molecule has 0 aliphatic heterocycles. The molecule has 0 aromatic heterocycles. The molecule has 2 nitrogen and oxygen atoms in total. The van der Waals surface area contributed by atoms with Gasteiger partial charge in [0.15, 0.2) is 0 Å². The Bertz CT molecular complexity index is 2230. The minimum absolute atomic E-state index is 0.243. The van der Waals surface area contributed by atoms with Gasteiger partial charge in [0.1, 0.15) is 11.5 Å². The van der Waals surface area contributed by atoms with Crippen LogP contribution in [0.25, 0.3) is 75.8 Å². The number of aryl methyl sites for hydroxylation is 2. The average molecular weight is 543 g/mol. The summed E-state index contributed by atoms with van der Waals surface area (Å²) >= 11 is 0. The highest BCUT2D eigenvalue weighted by molar-refractivity contribution is 6.30. The fraction of sp³-hybridized carbons (Fsp3) is 0.100. The zero-order valence-corrected chi connectivity index (χ0v) is 23.7. The van der Waals surface area contributed by atoms with Gasteiger partial charge in [0.05, 0.1) is 0 Å². The lowest BCUT2D eigenvalue weighted by Gasteiger charge is -2.21. The van der Waals surface area contributed by atoms with E-state index < -0.39 is 0 Å². The summed E-state index contributed by atoms with van der Waals surface area (Å²) in [5.41, 5.74) is 3.17. The van der Waals surface area contributed by atoms with Gasteiger partial charge in [-0.25, -0.2) is 0 Å². The molecule has 0 atom stereocenters. The van der Waals surface area contributed by atoms with E-state index in [1.165, 1.54) is 0 Å². The first-order valence-electron chi connectivity index (χ1n) is 14.8. The van der Waals surface area contributed by atoms with Crippen molar-refractivity contribution >= 4 is 64.6 Å². The molecule has 0 aliphatic rings. The molecule has 0 unspecified atom stereocenters. The Morgan fingerprint density at radius 3 is 1.17 bits per heavy atom. The van der Waals surface area contributed by atoms with Gasteiger partial charge in [0, 0.05) is 21.9 Å². The third kappa shape index (κ3) is 3.39. The molecule has 0 aliphatic carbocycles. The quantitative estimate of drug-likeness (QED) is 0.218. The highest BCUT2D eigenvalue weighted by Crippen LogP contribution is 2.52. The van der Waals surface area contributed by atoms with Crippen LogP contribution in [-0.2, 0) is 12.8 Å². The van der Waals surface area contributed by atoms with Gasteiger partial charge in [0.25, 0.3) is 0 Å². The molecule has 2 heteroatoms. The average Bonchev–Trinajstić information content (AvgIpc) is 3.04. The molecule has 2 N–H and O–H groups in total. The lowest BCUT2D eigenvalue weighted by atomic mass is 9.83. The van der Waals surface area contributed by atoms with Crippen LogP contribution in [0.1, 0.15) is 25.0 Å². The second kappa shape index (κ2) is 9.22. The maximum absolute atomic E-state index is 12.2. The number of fused-ring (bicyclic) bond motifs is 10. The van der Waals surface area contributed by atoms with Crippen molar-refractivity contribution in [2.45, 2.75) is 26.7 Å². The van der Waals surface area contributed by atoms with Crippen molar-refractivity contribution < 1.29 is 10.2 Å². The summed E-state index contributed by atoms with van der Waals surface area (Å²) in [6.45, 7) is 4.15. The number of hydrogen-bond donors (Lipinski definition) is 2. The van der Waals surface area contributed by atoms with Crippen molar-refractivity contribution in [1.82, 2.24) is 0 Å². The van der Waals surface area contributed by atoms with E-state index in [1.807, 2.05) is 0 Å². The predicted molar refractivity (Wildman–Crippen MR) is 179 cm³/mol. The van der Waals surface area contributed by atoms with Crippen molar-refractivity contribution in [3.63, 3.8) is 0 Å². The van der Waals surface area contributed by atoms with Crippen molar-refractivity contribution in [3.05, 3.63) is 120 Å². The number of rotatable bonds is 3. The maximum atomic E-state index is 12.2. The third-order valence-corrected chi connectivity index (χ3v) is 9.14. The molecule has 0 heterocycles. The Morgan fingerprint density at radius 1 is 0.405 bits per heavy atom. The standard InChI is InChI=1S/C40H30O2/c1-3-23-21-29-19-17-27-15-13-25-9-5-7-11-31(25)33(27)35(29)37(39(23)41)38-36-30(22-24(4-2)40(38)42)20-18-28-16-14-26-10-6-8-12-32(26)34(28)36/h5-22,41-42H,3-4H2,1-2H3. The van der Waals surface area contributed by atoms with E-state index in [-0.39, 0.29) is 11.5 Å². The highest BCUT2D eigenvalue weighted by Gasteiger charge is 2.24. The van der Waals surface area contributed by atoms with E-state index >= 15 is 0 Å². The SMILES string of the molecule is CCc1cc2ccc3ccc4ccccc4c3c2c(-c2c(O)c(CC)cc3ccc4ccc5ccccc5c4c23)c1O. The lowest BCUT2D eigenvalue weighted by molar-refractivity contribution is 0.464. The maximum Gasteiger partial charge on any atom is 0.127 e. The number of hydrogen-bond acceptors (Lipinski definition) is 2. The Morgan fingerprint density at radius 2 is 0.762 bits per heavy atom. The third-order valence-electron chi connectivity index (χ3n) is 9.14. The minimum Gasteiger partial charge on any atom is -0.507 e. The Balaban J connectivity index is 1.71. The molecule has 0 bridgehead atoms. The molecule has 42 heavy (non-hydrogen) atoms.